The van der Waals surface area contributed by atoms with Crippen LogP contribution in [-0.4, -0.2) is 35.2 Å². The number of fused-ring (bicyclic) bond motifs is 1. The number of thiophene rings is 1. The molecule has 0 spiro atoms. The summed E-state index contributed by atoms with van der Waals surface area (Å²) >= 11 is 0.794. The molecule has 2 aromatic heterocycles. The molecule has 192 valence electrons. The summed E-state index contributed by atoms with van der Waals surface area (Å²) in [6, 6.07) is 10.3. The average molecular weight is 549 g/mol. The number of phenols is 1. The lowest BCUT2D eigenvalue weighted by Crippen LogP contribution is -2.42. The van der Waals surface area contributed by atoms with E-state index in [9.17, 15) is 36.6 Å². The third-order valence-electron chi connectivity index (χ3n) is 5.48. The Balaban J connectivity index is 1.53. The minimum Gasteiger partial charge on any atom is -0.507 e. The zero-order valence-corrected chi connectivity index (χ0v) is 20.7. The van der Waals surface area contributed by atoms with Gasteiger partial charge in [-0.15, -0.1) is 11.3 Å². The third-order valence-corrected chi connectivity index (χ3v) is 8.44. The predicted octanol–water partition coefficient (Wildman–Crippen LogP) is 4.34. The molecule has 0 radical (unpaired) electrons. The van der Waals surface area contributed by atoms with Gasteiger partial charge in [0, 0.05) is 30.6 Å². The summed E-state index contributed by atoms with van der Waals surface area (Å²) in [6.07, 6.45) is -3.04. The summed E-state index contributed by atoms with van der Waals surface area (Å²) in [5.74, 6) is 3.94. The molecule has 0 saturated carbocycles. The van der Waals surface area contributed by atoms with Gasteiger partial charge >= 0.3 is 12.1 Å². The Kier molecular flexibility index (Phi) is 7.05. The Bertz CT molecular complexity index is 1640. The van der Waals surface area contributed by atoms with Crippen molar-refractivity contribution in [3.63, 3.8) is 0 Å². The van der Waals surface area contributed by atoms with E-state index < -0.39 is 33.8 Å². The number of phenolic OH excluding ortho intramolecular Hbond substituents is 1. The molecule has 7 nitrogen and oxygen atoms in total. The SMILES string of the molecule is Cn1cc(C[C@H](NS(=O)(=O)c2ccc(C#Cc3ccc(C(F)(F)F)cc3)s2)C(=O)O)c2c(O)cccc21. The number of sulfonamides is 1. The lowest BCUT2D eigenvalue weighted by Gasteiger charge is -2.14. The first-order valence-electron chi connectivity index (χ1n) is 10.7. The van der Waals surface area contributed by atoms with Crippen molar-refractivity contribution in [1.29, 1.82) is 0 Å². The van der Waals surface area contributed by atoms with Gasteiger partial charge < -0.3 is 14.8 Å². The zero-order valence-electron chi connectivity index (χ0n) is 19.1. The largest absolute Gasteiger partial charge is 0.507 e. The van der Waals surface area contributed by atoms with Gasteiger partial charge in [0.15, 0.2) is 0 Å². The van der Waals surface area contributed by atoms with Crippen molar-refractivity contribution in [3.05, 3.63) is 82.4 Å². The second-order valence-corrected chi connectivity index (χ2v) is 11.1. The van der Waals surface area contributed by atoms with E-state index in [0.717, 1.165) is 23.5 Å². The number of aromatic nitrogens is 1. The van der Waals surface area contributed by atoms with Crippen molar-refractivity contribution in [3.8, 4) is 17.6 Å². The zero-order chi connectivity index (χ0) is 27.0. The van der Waals surface area contributed by atoms with Crippen LogP contribution in [0.25, 0.3) is 10.9 Å². The van der Waals surface area contributed by atoms with Crippen molar-refractivity contribution in [2.45, 2.75) is 22.8 Å². The fourth-order valence-corrected chi connectivity index (χ4v) is 6.09. The second kappa shape index (κ2) is 9.93. The molecule has 2 aromatic carbocycles. The lowest BCUT2D eigenvalue weighted by atomic mass is 10.1. The molecule has 0 saturated heterocycles. The molecule has 2 heterocycles. The van der Waals surface area contributed by atoms with Crippen LogP contribution in [0.5, 0.6) is 5.75 Å². The van der Waals surface area contributed by atoms with E-state index in [1.54, 1.807) is 29.9 Å². The monoisotopic (exact) mass is 548 g/mol. The van der Waals surface area contributed by atoms with Crippen LogP contribution in [0.1, 0.15) is 21.6 Å². The number of nitrogens with zero attached hydrogens (tertiary/aromatic N) is 1. The number of alkyl halides is 3. The Hall–Kier alpha value is -3.79. The normalized spacial score (nSPS) is 12.8. The molecule has 4 rings (SSSR count). The summed E-state index contributed by atoms with van der Waals surface area (Å²) in [7, 11) is -2.51. The molecule has 0 amide bonds. The Labute approximate surface area is 213 Å². The summed E-state index contributed by atoms with van der Waals surface area (Å²) < 4.78 is 67.6. The molecule has 0 aliphatic carbocycles. The highest BCUT2D eigenvalue weighted by Gasteiger charge is 2.30. The first-order chi connectivity index (χ1) is 17.3. The molecule has 3 N–H and O–H groups in total. The van der Waals surface area contributed by atoms with Crippen LogP contribution in [0.15, 0.2) is 65.0 Å². The molecule has 0 unspecified atom stereocenters. The maximum absolute atomic E-state index is 12.9. The molecular weight excluding hydrogens is 529 g/mol. The first kappa shape index (κ1) is 26.3. The highest BCUT2D eigenvalue weighted by molar-refractivity contribution is 7.91. The summed E-state index contributed by atoms with van der Waals surface area (Å²) in [4.78, 5) is 12.2. The van der Waals surface area contributed by atoms with Gasteiger partial charge in [-0.3, -0.25) is 4.79 Å². The molecule has 4 aromatic rings. The van der Waals surface area contributed by atoms with Gasteiger partial charge in [0.25, 0.3) is 10.0 Å². The maximum Gasteiger partial charge on any atom is 0.416 e. The summed E-state index contributed by atoms with van der Waals surface area (Å²) in [5.41, 5.74) is 0.630. The maximum atomic E-state index is 12.9. The van der Waals surface area contributed by atoms with Crippen molar-refractivity contribution in [2.75, 3.05) is 0 Å². The number of aromatic hydroxyl groups is 1. The molecule has 0 aliphatic rings. The van der Waals surface area contributed by atoms with Crippen LogP contribution in [0.2, 0.25) is 0 Å². The number of aryl methyl sites for hydroxylation is 1. The van der Waals surface area contributed by atoms with E-state index in [2.05, 4.69) is 16.6 Å². The topological polar surface area (TPSA) is 109 Å². The van der Waals surface area contributed by atoms with Crippen LogP contribution in [-0.2, 0) is 34.5 Å². The van der Waals surface area contributed by atoms with Crippen LogP contribution in [0, 0.1) is 11.8 Å². The van der Waals surface area contributed by atoms with Gasteiger partial charge in [0.2, 0.25) is 0 Å². The fourth-order valence-electron chi connectivity index (χ4n) is 3.73. The predicted molar refractivity (Wildman–Crippen MR) is 132 cm³/mol. The van der Waals surface area contributed by atoms with Gasteiger partial charge in [-0.1, -0.05) is 17.9 Å². The van der Waals surface area contributed by atoms with E-state index in [4.69, 9.17) is 0 Å². The van der Waals surface area contributed by atoms with Crippen LogP contribution in [0.3, 0.4) is 0 Å². The fraction of sp³-hybridized carbons (Fsp3) is 0.160. The highest BCUT2D eigenvalue weighted by atomic mass is 32.2. The van der Waals surface area contributed by atoms with E-state index in [1.165, 1.54) is 30.3 Å². The molecule has 0 bridgehead atoms. The Morgan fingerprint density at radius 1 is 1.11 bits per heavy atom. The van der Waals surface area contributed by atoms with Crippen LogP contribution >= 0.6 is 11.3 Å². The Morgan fingerprint density at radius 3 is 2.46 bits per heavy atom. The Morgan fingerprint density at radius 2 is 1.81 bits per heavy atom. The van der Waals surface area contributed by atoms with Gasteiger partial charge in [-0.05, 0) is 54.1 Å². The van der Waals surface area contributed by atoms with Crippen molar-refractivity contribution in [1.82, 2.24) is 9.29 Å². The van der Waals surface area contributed by atoms with Gasteiger partial charge in [0.1, 0.15) is 16.0 Å². The lowest BCUT2D eigenvalue weighted by molar-refractivity contribution is -0.139. The average Bonchev–Trinajstić information content (AvgIpc) is 3.43. The highest BCUT2D eigenvalue weighted by Crippen LogP contribution is 2.31. The van der Waals surface area contributed by atoms with E-state index in [1.807, 2.05) is 0 Å². The van der Waals surface area contributed by atoms with E-state index in [0.29, 0.717) is 26.9 Å². The number of carboxylic acid groups (broad SMARTS) is 1. The molecule has 0 fully saturated rings. The number of nitrogens with one attached hydrogen (secondary N) is 1. The van der Waals surface area contributed by atoms with Crippen LogP contribution in [0.4, 0.5) is 13.2 Å². The van der Waals surface area contributed by atoms with Gasteiger partial charge in [-0.2, -0.15) is 17.9 Å². The van der Waals surface area contributed by atoms with Crippen LogP contribution < -0.4 is 4.72 Å². The van der Waals surface area contributed by atoms with Crippen molar-refractivity contribution >= 4 is 38.2 Å². The number of hydrogen-bond acceptors (Lipinski definition) is 5. The van der Waals surface area contributed by atoms with Crippen molar-refractivity contribution < 1.29 is 36.6 Å². The third kappa shape index (κ3) is 5.80. The first-order valence-corrected chi connectivity index (χ1v) is 13.0. The number of aliphatic carboxylic acids is 1. The number of hydrogen-bond donors (Lipinski definition) is 3. The van der Waals surface area contributed by atoms with Gasteiger partial charge in [0.05, 0.1) is 16.0 Å². The number of halogens is 3. The molecule has 37 heavy (non-hydrogen) atoms. The molecule has 12 heteroatoms. The second-order valence-electron chi connectivity index (χ2n) is 8.10. The number of benzene rings is 2. The van der Waals surface area contributed by atoms with Gasteiger partial charge in [-0.25, -0.2) is 8.42 Å². The number of carbonyl (C=O) groups is 1. The molecule has 1 atom stereocenters. The molecular formula is C25H19F3N2O5S2. The van der Waals surface area contributed by atoms with E-state index >= 15 is 0 Å². The smallest absolute Gasteiger partial charge is 0.416 e. The number of carboxylic acids is 1. The summed E-state index contributed by atoms with van der Waals surface area (Å²) in [6.45, 7) is 0. The van der Waals surface area contributed by atoms with E-state index in [-0.39, 0.29) is 16.4 Å². The number of rotatable bonds is 6. The van der Waals surface area contributed by atoms with Crippen molar-refractivity contribution in [2.24, 2.45) is 7.05 Å². The molecule has 0 aliphatic heterocycles. The quantitative estimate of drug-likeness (QED) is 0.311. The minimum atomic E-state index is -4.46. The summed E-state index contributed by atoms with van der Waals surface area (Å²) in [5, 5.41) is 20.4. The standard InChI is InChI=1S/C25H19F3N2O5S2/c1-30-14-16(23-20(30)3-2-4-21(23)31)13-19(24(32)33)29-37(34,35)22-12-11-18(36-22)10-7-15-5-8-17(9-6-15)25(26,27)28/h2-6,8-9,11-12,14,19,29,31H,13H2,1H3,(H,32,33)/t19-/m0/s1. The minimum absolute atomic E-state index is 0.0467.